The van der Waals surface area contributed by atoms with Gasteiger partial charge in [0.2, 0.25) is 0 Å². The van der Waals surface area contributed by atoms with Crippen molar-refractivity contribution in [2.24, 2.45) is 0 Å². The molecular formula is C8H12N2O3S2. The summed E-state index contributed by atoms with van der Waals surface area (Å²) in [6.45, 7) is 1.73. The zero-order valence-corrected chi connectivity index (χ0v) is 10.1. The van der Waals surface area contributed by atoms with Crippen molar-refractivity contribution in [2.75, 3.05) is 12.0 Å². The summed E-state index contributed by atoms with van der Waals surface area (Å²) in [4.78, 5) is 13.3. The predicted octanol–water partition coefficient (Wildman–Crippen LogP) is 0.511. The van der Waals surface area contributed by atoms with E-state index in [1.807, 2.05) is 0 Å². The van der Waals surface area contributed by atoms with Crippen LogP contribution in [-0.2, 0) is 9.84 Å². The van der Waals surface area contributed by atoms with Crippen molar-refractivity contribution in [3.8, 4) is 0 Å². The van der Waals surface area contributed by atoms with Crippen LogP contribution in [0.1, 0.15) is 13.0 Å². The Kier molecular flexibility index (Phi) is 3.46. The molecule has 0 spiro atoms. The lowest BCUT2D eigenvalue weighted by atomic mass is 10.4. The number of hydrogen-bond donors (Lipinski definition) is 1. The molecule has 0 saturated carbocycles. The van der Waals surface area contributed by atoms with Crippen molar-refractivity contribution in [3.63, 3.8) is 0 Å². The van der Waals surface area contributed by atoms with Crippen molar-refractivity contribution < 1.29 is 8.42 Å². The molecule has 0 aromatic carbocycles. The largest absolute Gasteiger partial charge is 0.321 e. The van der Waals surface area contributed by atoms with Gasteiger partial charge < -0.3 is 4.57 Å². The number of aromatic nitrogens is 2. The molecule has 1 aromatic heterocycles. The first-order chi connectivity index (χ1) is 6.79. The van der Waals surface area contributed by atoms with Crippen LogP contribution in [0.5, 0.6) is 0 Å². The zero-order chi connectivity index (χ0) is 11.6. The molecule has 15 heavy (non-hydrogen) atoms. The third-order valence-corrected chi connectivity index (χ3v) is 3.27. The van der Waals surface area contributed by atoms with Crippen LogP contribution in [0, 0.1) is 4.77 Å². The Balaban J connectivity index is 3.08. The molecule has 1 atom stereocenters. The van der Waals surface area contributed by atoms with E-state index >= 15 is 0 Å². The second-order valence-electron chi connectivity index (χ2n) is 3.46. The normalized spacial score (nSPS) is 13.7. The van der Waals surface area contributed by atoms with Gasteiger partial charge in [0, 0.05) is 24.6 Å². The van der Waals surface area contributed by atoms with Gasteiger partial charge in [-0.15, -0.1) is 0 Å². The van der Waals surface area contributed by atoms with Gasteiger partial charge >= 0.3 is 0 Å². The molecule has 0 saturated heterocycles. The van der Waals surface area contributed by atoms with Gasteiger partial charge in [-0.1, -0.05) is 0 Å². The topological polar surface area (TPSA) is 71.9 Å². The second-order valence-corrected chi connectivity index (χ2v) is 6.03. The van der Waals surface area contributed by atoms with E-state index in [0.29, 0.717) is 0 Å². The molecule has 1 N–H and O–H groups in total. The van der Waals surface area contributed by atoms with Crippen molar-refractivity contribution >= 4 is 22.1 Å². The number of H-pyrrole nitrogens is 1. The fourth-order valence-electron chi connectivity index (χ4n) is 1.29. The molecule has 0 aliphatic carbocycles. The first kappa shape index (κ1) is 12.1. The second kappa shape index (κ2) is 4.28. The van der Waals surface area contributed by atoms with Gasteiger partial charge in [-0.3, -0.25) is 9.78 Å². The van der Waals surface area contributed by atoms with E-state index < -0.39 is 9.84 Å². The summed E-state index contributed by atoms with van der Waals surface area (Å²) in [5.74, 6) is -0.00660. The molecule has 1 rings (SSSR count). The maximum Gasteiger partial charge on any atom is 0.251 e. The Labute approximate surface area is 92.7 Å². The fourth-order valence-corrected chi connectivity index (χ4v) is 2.67. The molecule has 0 radical (unpaired) electrons. The van der Waals surface area contributed by atoms with Crippen molar-refractivity contribution in [2.45, 2.75) is 13.0 Å². The summed E-state index contributed by atoms with van der Waals surface area (Å²) < 4.78 is 23.9. The number of nitrogens with one attached hydrogen (secondary N) is 1. The maximum atomic E-state index is 11.1. The van der Waals surface area contributed by atoms with Gasteiger partial charge in [-0.25, -0.2) is 8.42 Å². The average molecular weight is 248 g/mol. The summed E-state index contributed by atoms with van der Waals surface area (Å²) in [5.41, 5.74) is -0.289. The van der Waals surface area contributed by atoms with E-state index in [2.05, 4.69) is 4.98 Å². The number of rotatable bonds is 3. The number of aromatic amines is 1. The Hall–Kier alpha value is -0.950. The highest BCUT2D eigenvalue weighted by atomic mass is 32.2. The Morgan fingerprint density at radius 1 is 1.60 bits per heavy atom. The molecule has 0 fully saturated rings. The highest BCUT2D eigenvalue weighted by molar-refractivity contribution is 7.90. The minimum atomic E-state index is -3.06. The third-order valence-electron chi connectivity index (χ3n) is 1.87. The van der Waals surface area contributed by atoms with Gasteiger partial charge in [0.25, 0.3) is 5.56 Å². The molecule has 5 nitrogen and oxygen atoms in total. The van der Waals surface area contributed by atoms with Crippen LogP contribution in [0.25, 0.3) is 0 Å². The van der Waals surface area contributed by atoms with E-state index in [0.717, 1.165) is 0 Å². The zero-order valence-electron chi connectivity index (χ0n) is 8.43. The summed E-state index contributed by atoms with van der Waals surface area (Å²) in [5, 5.41) is 0. The van der Waals surface area contributed by atoms with Gasteiger partial charge in [0.05, 0.1) is 5.75 Å². The highest BCUT2D eigenvalue weighted by Gasteiger charge is 2.12. The van der Waals surface area contributed by atoms with Crippen LogP contribution in [-0.4, -0.2) is 30.0 Å². The summed E-state index contributed by atoms with van der Waals surface area (Å²) in [6, 6.07) is 1.03. The Bertz CT molecular complexity index is 556. The number of hydrogen-bond acceptors (Lipinski definition) is 4. The lowest BCUT2D eigenvalue weighted by Crippen LogP contribution is -2.20. The van der Waals surface area contributed by atoms with Gasteiger partial charge in [0.15, 0.2) is 4.77 Å². The van der Waals surface area contributed by atoms with Crippen LogP contribution in [0.2, 0.25) is 0 Å². The molecule has 1 aromatic rings. The molecule has 84 valence electrons. The van der Waals surface area contributed by atoms with E-state index in [9.17, 15) is 13.2 Å². The van der Waals surface area contributed by atoms with E-state index in [-0.39, 0.29) is 22.1 Å². The van der Waals surface area contributed by atoms with Crippen LogP contribution in [0.3, 0.4) is 0 Å². The quantitative estimate of drug-likeness (QED) is 0.791. The van der Waals surface area contributed by atoms with Crippen LogP contribution in [0.4, 0.5) is 0 Å². The van der Waals surface area contributed by atoms with E-state index in [4.69, 9.17) is 12.2 Å². The Morgan fingerprint density at radius 3 is 2.67 bits per heavy atom. The van der Waals surface area contributed by atoms with Crippen LogP contribution < -0.4 is 5.56 Å². The van der Waals surface area contributed by atoms with Crippen molar-refractivity contribution in [3.05, 3.63) is 27.4 Å². The predicted molar refractivity (Wildman–Crippen MR) is 60.3 cm³/mol. The van der Waals surface area contributed by atoms with E-state index in [1.165, 1.54) is 18.5 Å². The lowest BCUT2D eigenvalue weighted by Gasteiger charge is -2.13. The van der Waals surface area contributed by atoms with Gasteiger partial charge in [-0.2, -0.15) is 0 Å². The summed E-state index contributed by atoms with van der Waals surface area (Å²) in [6.07, 6.45) is 2.66. The average Bonchev–Trinajstić information content (AvgIpc) is 1.99. The number of sulfone groups is 1. The molecule has 0 aliphatic rings. The first-order valence-corrected chi connectivity index (χ1v) is 6.75. The summed E-state index contributed by atoms with van der Waals surface area (Å²) >= 11 is 4.92. The molecule has 0 aliphatic heterocycles. The standard InChI is InChI=1S/C8H12N2O3S2/c1-6(5-15(2,12)13)10-4-3-7(11)9-8(10)14/h3-4,6H,5H2,1-2H3,(H,9,11,14). The number of nitrogens with zero attached hydrogens (tertiary/aromatic N) is 1. The maximum absolute atomic E-state index is 11.1. The minimum absolute atomic E-state index is 0.00660. The molecule has 0 amide bonds. The van der Waals surface area contributed by atoms with Gasteiger partial charge in [0.1, 0.15) is 9.84 Å². The SMILES string of the molecule is CC(CS(C)(=O)=O)n1ccc(=O)[nH]c1=S. The third kappa shape index (κ3) is 3.60. The highest BCUT2D eigenvalue weighted by Crippen LogP contribution is 2.07. The minimum Gasteiger partial charge on any atom is -0.321 e. The molecular weight excluding hydrogens is 236 g/mol. The van der Waals surface area contributed by atoms with Crippen LogP contribution >= 0.6 is 12.2 Å². The fraction of sp³-hybridized carbons (Fsp3) is 0.500. The lowest BCUT2D eigenvalue weighted by molar-refractivity contribution is 0.549. The Morgan fingerprint density at radius 2 is 2.20 bits per heavy atom. The van der Waals surface area contributed by atoms with Crippen LogP contribution in [0.15, 0.2) is 17.1 Å². The molecule has 7 heteroatoms. The van der Waals surface area contributed by atoms with E-state index in [1.54, 1.807) is 11.5 Å². The van der Waals surface area contributed by atoms with Gasteiger partial charge in [-0.05, 0) is 19.1 Å². The molecule has 0 bridgehead atoms. The smallest absolute Gasteiger partial charge is 0.251 e. The van der Waals surface area contributed by atoms with Crippen molar-refractivity contribution in [1.29, 1.82) is 0 Å². The van der Waals surface area contributed by atoms with Crippen molar-refractivity contribution in [1.82, 2.24) is 9.55 Å². The molecule has 1 unspecified atom stereocenters. The monoisotopic (exact) mass is 248 g/mol. The molecule has 1 heterocycles. The summed E-state index contributed by atoms with van der Waals surface area (Å²) in [7, 11) is -3.06. The first-order valence-electron chi connectivity index (χ1n) is 4.29.